The van der Waals surface area contributed by atoms with Crippen LogP contribution in [0.15, 0.2) is 0 Å². The number of hydrogen-bond acceptors (Lipinski definition) is 0. The summed E-state index contributed by atoms with van der Waals surface area (Å²) in [7, 11) is 0. The van der Waals surface area contributed by atoms with Gasteiger partial charge in [0.25, 0.3) is 0 Å². The van der Waals surface area contributed by atoms with Crippen molar-refractivity contribution < 1.29 is 0 Å². The van der Waals surface area contributed by atoms with Gasteiger partial charge in [-0.3, -0.25) is 0 Å². The van der Waals surface area contributed by atoms with Gasteiger partial charge in [0.05, 0.1) is 0 Å². The number of alkyl halides is 1. The third-order valence-electron chi connectivity index (χ3n) is 4.72. The molecule has 1 atom stereocenters. The van der Waals surface area contributed by atoms with Crippen molar-refractivity contribution in [1.82, 2.24) is 0 Å². The second kappa shape index (κ2) is 7.74. The monoisotopic (exact) mass is 288 g/mol. The summed E-state index contributed by atoms with van der Waals surface area (Å²) in [6.45, 7) is 4.73. The standard InChI is InChI=1S/C15H29Br/c1-3-5-12-15(4-2,13-16)14-10-8-6-7-9-11-14/h14H,3-13H2,1-2H3. The molecule has 0 aliphatic heterocycles. The van der Waals surface area contributed by atoms with Crippen molar-refractivity contribution in [2.75, 3.05) is 5.33 Å². The Balaban J connectivity index is 2.64. The summed E-state index contributed by atoms with van der Waals surface area (Å²) in [5.41, 5.74) is 0.611. The van der Waals surface area contributed by atoms with E-state index < -0.39 is 0 Å². The fraction of sp³-hybridized carbons (Fsp3) is 1.00. The zero-order chi connectivity index (χ0) is 11.9. The van der Waals surface area contributed by atoms with E-state index in [1.165, 1.54) is 69.5 Å². The normalized spacial score (nSPS) is 22.7. The second-order valence-electron chi connectivity index (χ2n) is 5.64. The highest BCUT2D eigenvalue weighted by atomic mass is 79.9. The number of halogens is 1. The topological polar surface area (TPSA) is 0 Å². The Kier molecular flexibility index (Phi) is 7.03. The molecule has 0 amide bonds. The van der Waals surface area contributed by atoms with Gasteiger partial charge in [-0.1, -0.05) is 68.3 Å². The van der Waals surface area contributed by atoms with Gasteiger partial charge < -0.3 is 0 Å². The van der Waals surface area contributed by atoms with Gasteiger partial charge in [-0.25, -0.2) is 0 Å². The lowest BCUT2D eigenvalue weighted by Crippen LogP contribution is -2.31. The van der Waals surface area contributed by atoms with Crippen LogP contribution in [-0.4, -0.2) is 5.33 Å². The molecule has 0 aromatic carbocycles. The lowest BCUT2D eigenvalue weighted by molar-refractivity contribution is 0.146. The van der Waals surface area contributed by atoms with Gasteiger partial charge in [-0.05, 0) is 37.0 Å². The molecule has 0 radical (unpaired) electrons. The molecule has 1 fully saturated rings. The molecule has 1 unspecified atom stereocenters. The minimum Gasteiger partial charge on any atom is -0.0922 e. The van der Waals surface area contributed by atoms with Gasteiger partial charge in [-0.15, -0.1) is 0 Å². The Hall–Kier alpha value is 0.480. The number of unbranched alkanes of at least 4 members (excludes halogenated alkanes) is 1. The number of rotatable bonds is 6. The molecule has 1 saturated carbocycles. The molecule has 0 N–H and O–H groups in total. The van der Waals surface area contributed by atoms with Crippen LogP contribution in [-0.2, 0) is 0 Å². The predicted molar refractivity (Wildman–Crippen MR) is 77.2 cm³/mol. The van der Waals surface area contributed by atoms with Crippen LogP contribution in [0.2, 0.25) is 0 Å². The molecular weight excluding hydrogens is 260 g/mol. The second-order valence-corrected chi connectivity index (χ2v) is 6.20. The van der Waals surface area contributed by atoms with Crippen LogP contribution in [0, 0.1) is 11.3 Å². The van der Waals surface area contributed by atoms with Gasteiger partial charge >= 0.3 is 0 Å². The van der Waals surface area contributed by atoms with Gasteiger partial charge in [0.15, 0.2) is 0 Å². The van der Waals surface area contributed by atoms with E-state index >= 15 is 0 Å². The van der Waals surface area contributed by atoms with E-state index in [1.807, 2.05) is 0 Å². The maximum Gasteiger partial charge on any atom is 0.00905 e. The molecule has 0 nitrogen and oxygen atoms in total. The van der Waals surface area contributed by atoms with E-state index in [0.29, 0.717) is 5.41 Å². The van der Waals surface area contributed by atoms with E-state index in [-0.39, 0.29) is 0 Å². The first-order valence-corrected chi connectivity index (χ1v) is 8.47. The van der Waals surface area contributed by atoms with Crippen molar-refractivity contribution >= 4 is 15.9 Å². The summed E-state index contributed by atoms with van der Waals surface area (Å²) in [5.74, 6) is 0.992. The SMILES string of the molecule is CCCCC(CC)(CBr)C1CCCCCC1. The Morgan fingerprint density at radius 1 is 1.06 bits per heavy atom. The molecule has 0 saturated heterocycles. The van der Waals surface area contributed by atoms with Crippen LogP contribution in [0.1, 0.15) is 78.1 Å². The molecule has 1 aliphatic carbocycles. The van der Waals surface area contributed by atoms with Crippen molar-refractivity contribution in [1.29, 1.82) is 0 Å². The Morgan fingerprint density at radius 2 is 1.69 bits per heavy atom. The smallest absolute Gasteiger partial charge is 0.00905 e. The molecule has 0 heterocycles. The number of hydrogen-bond donors (Lipinski definition) is 0. The van der Waals surface area contributed by atoms with Crippen molar-refractivity contribution in [3.8, 4) is 0 Å². The van der Waals surface area contributed by atoms with Crippen LogP contribution < -0.4 is 0 Å². The highest BCUT2D eigenvalue weighted by Gasteiger charge is 2.35. The van der Waals surface area contributed by atoms with Crippen LogP contribution in [0.4, 0.5) is 0 Å². The zero-order valence-electron chi connectivity index (χ0n) is 11.2. The van der Waals surface area contributed by atoms with Gasteiger partial charge in [0, 0.05) is 5.33 Å². The maximum atomic E-state index is 3.82. The maximum absolute atomic E-state index is 3.82. The lowest BCUT2D eigenvalue weighted by Gasteiger charge is -2.39. The highest BCUT2D eigenvalue weighted by Crippen LogP contribution is 2.45. The fourth-order valence-electron chi connectivity index (χ4n) is 3.36. The van der Waals surface area contributed by atoms with Crippen molar-refractivity contribution in [3.05, 3.63) is 0 Å². The van der Waals surface area contributed by atoms with Crippen LogP contribution in [0.5, 0.6) is 0 Å². The summed E-state index contributed by atoms with van der Waals surface area (Å²) in [6.07, 6.45) is 14.5. The van der Waals surface area contributed by atoms with Crippen LogP contribution in [0.3, 0.4) is 0 Å². The molecule has 96 valence electrons. The molecule has 0 spiro atoms. The van der Waals surface area contributed by atoms with E-state index in [0.717, 1.165) is 5.92 Å². The van der Waals surface area contributed by atoms with Gasteiger partial charge in [0.2, 0.25) is 0 Å². The molecule has 1 heteroatoms. The molecule has 0 bridgehead atoms. The Bertz CT molecular complexity index is 164. The van der Waals surface area contributed by atoms with Crippen molar-refractivity contribution in [2.45, 2.75) is 78.1 Å². The molecule has 0 aromatic rings. The fourth-order valence-corrected chi connectivity index (χ4v) is 4.50. The predicted octanol–water partition coefficient (Wildman–Crippen LogP) is 5.94. The summed E-state index contributed by atoms with van der Waals surface area (Å²) < 4.78 is 0. The minimum absolute atomic E-state index is 0.611. The summed E-state index contributed by atoms with van der Waals surface area (Å²) in [6, 6.07) is 0. The van der Waals surface area contributed by atoms with E-state index in [2.05, 4.69) is 29.8 Å². The van der Waals surface area contributed by atoms with Crippen molar-refractivity contribution in [2.24, 2.45) is 11.3 Å². The minimum atomic E-state index is 0.611. The zero-order valence-corrected chi connectivity index (χ0v) is 12.8. The van der Waals surface area contributed by atoms with E-state index in [4.69, 9.17) is 0 Å². The third-order valence-corrected chi connectivity index (χ3v) is 5.84. The first kappa shape index (κ1) is 14.5. The molecule has 16 heavy (non-hydrogen) atoms. The molecule has 0 aromatic heterocycles. The largest absolute Gasteiger partial charge is 0.0922 e. The van der Waals surface area contributed by atoms with Crippen LogP contribution in [0.25, 0.3) is 0 Å². The first-order valence-electron chi connectivity index (χ1n) is 7.35. The lowest BCUT2D eigenvalue weighted by atomic mass is 9.68. The van der Waals surface area contributed by atoms with Crippen molar-refractivity contribution in [3.63, 3.8) is 0 Å². The summed E-state index contributed by atoms with van der Waals surface area (Å²) in [5, 5.41) is 1.22. The van der Waals surface area contributed by atoms with E-state index in [1.54, 1.807) is 0 Å². The third kappa shape index (κ3) is 3.75. The quantitative estimate of drug-likeness (QED) is 0.419. The molecule has 1 aliphatic rings. The molecular formula is C15H29Br. The van der Waals surface area contributed by atoms with Crippen LogP contribution >= 0.6 is 15.9 Å². The highest BCUT2D eigenvalue weighted by molar-refractivity contribution is 9.09. The van der Waals surface area contributed by atoms with E-state index in [9.17, 15) is 0 Å². The Morgan fingerprint density at radius 3 is 2.12 bits per heavy atom. The van der Waals surface area contributed by atoms with Gasteiger partial charge in [0.1, 0.15) is 0 Å². The Labute approximate surface area is 111 Å². The summed E-state index contributed by atoms with van der Waals surface area (Å²) >= 11 is 3.82. The average molecular weight is 289 g/mol. The average Bonchev–Trinajstić information content (AvgIpc) is 2.61. The molecule has 1 rings (SSSR count). The summed E-state index contributed by atoms with van der Waals surface area (Å²) in [4.78, 5) is 0. The van der Waals surface area contributed by atoms with Gasteiger partial charge in [-0.2, -0.15) is 0 Å². The first-order chi connectivity index (χ1) is 7.79.